The van der Waals surface area contributed by atoms with Crippen molar-refractivity contribution in [2.75, 3.05) is 5.32 Å². The summed E-state index contributed by atoms with van der Waals surface area (Å²) in [7, 11) is 0. The van der Waals surface area contributed by atoms with E-state index in [1.807, 2.05) is 12.1 Å². The molecule has 80 valence electrons. The second-order valence-corrected chi connectivity index (χ2v) is 3.58. The number of rotatable bonds is 2. The largest absolute Gasteiger partial charge is 0.321 e. The number of carbonyl (C=O) groups excluding carboxylic acids is 1. The quantitative estimate of drug-likeness (QED) is 0.865. The number of nitrogens with one attached hydrogen (secondary N) is 1. The van der Waals surface area contributed by atoms with Crippen LogP contribution in [0.15, 0.2) is 48.8 Å². The lowest BCUT2D eigenvalue weighted by Gasteiger charge is -2.06. The summed E-state index contributed by atoms with van der Waals surface area (Å²) in [5.74, 6) is -0.199. The van der Waals surface area contributed by atoms with Gasteiger partial charge in [0.15, 0.2) is 0 Å². The molecular formula is C12H9ClN2O. The molecule has 0 unspecified atom stereocenters. The molecule has 0 spiro atoms. The van der Waals surface area contributed by atoms with Crippen molar-refractivity contribution >= 4 is 23.2 Å². The molecule has 1 heterocycles. The van der Waals surface area contributed by atoms with Gasteiger partial charge in [-0.2, -0.15) is 0 Å². The third kappa shape index (κ3) is 2.38. The van der Waals surface area contributed by atoms with Crippen molar-refractivity contribution in [3.05, 3.63) is 59.4 Å². The Morgan fingerprint density at radius 3 is 2.50 bits per heavy atom. The van der Waals surface area contributed by atoms with Crippen molar-refractivity contribution in [1.82, 2.24) is 4.98 Å². The molecule has 0 saturated carbocycles. The minimum Gasteiger partial charge on any atom is -0.321 e. The molecule has 1 aromatic heterocycles. The van der Waals surface area contributed by atoms with Crippen LogP contribution in [0.2, 0.25) is 5.02 Å². The first kappa shape index (κ1) is 10.6. The maximum atomic E-state index is 11.8. The number of nitrogens with zero attached hydrogens (tertiary/aromatic N) is 1. The Hall–Kier alpha value is -1.87. The molecular weight excluding hydrogens is 224 g/mol. The van der Waals surface area contributed by atoms with Gasteiger partial charge in [0.1, 0.15) is 0 Å². The minimum absolute atomic E-state index is 0.199. The Morgan fingerprint density at radius 1 is 1.12 bits per heavy atom. The summed E-state index contributed by atoms with van der Waals surface area (Å²) in [5, 5.41) is 3.25. The highest BCUT2D eigenvalue weighted by Crippen LogP contribution is 2.20. The number of amides is 1. The van der Waals surface area contributed by atoms with Crippen molar-refractivity contribution in [3.8, 4) is 0 Å². The van der Waals surface area contributed by atoms with Crippen LogP contribution >= 0.6 is 11.6 Å². The molecule has 0 atom stereocenters. The fourth-order valence-corrected chi connectivity index (χ4v) is 1.44. The minimum atomic E-state index is -0.199. The number of carbonyl (C=O) groups is 1. The van der Waals surface area contributed by atoms with Crippen LogP contribution in [0.25, 0.3) is 0 Å². The van der Waals surface area contributed by atoms with Crippen LogP contribution in [0.3, 0.4) is 0 Å². The van der Waals surface area contributed by atoms with Gasteiger partial charge in [0.25, 0.3) is 5.91 Å². The Bertz CT molecular complexity index is 499. The molecule has 1 aromatic carbocycles. The summed E-state index contributed by atoms with van der Waals surface area (Å²) in [5.41, 5.74) is 1.15. The molecule has 0 saturated heterocycles. The predicted octanol–water partition coefficient (Wildman–Crippen LogP) is 2.99. The number of aromatic nitrogens is 1. The summed E-state index contributed by atoms with van der Waals surface area (Å²) in [6.07, 6.45) is 3.14. The van der Waals surface area contributed by atoms with Crippen LogP contribution in [0.1, 0.15) is 10.4 Å². The van der Waals surface area contributed by atoms with E-state index in [1.54, 1.807) is 36.7 Å². The molecule has 2 rings (SSSR count). The van der Waals surface area contributed by atoms with E-state index in [9.17, 15) is 4.79 Å². The highest BCUT2D eigenvalue weighted by Gasteiger charge is 2.06. The smallest absolute Gasteiger partial charge is 0.255 e. The van der Waals surface area contributed by atoms with Gasteiger partial charge in [0.05, 0.1) is 10.7 Å². The third-order valence-electron chi connectivity index (χ3n) is 2.06. The van der Waals surface area contributed by atoms with Crippen molar-refractivity contribution in [2.24, 2.45) is 0 Å². The second-order valence-electron chi connectivity index (χ2n) is 3.17. The molecule has 1 amide bonds. The van der Waals surface area contributed by atoms with E-state index in [-0.39, 0.29) is 5.91 Å². The van der Waals surface area contributed by atoms with E-state index in [1.165, 1.54) is 0 Å². The van der Waals surface area contributed by atoms with Crippen molar-refractivity contribution in [3.63, 3.8) is 0 Å². The molecule has 0 aliphatic heterocycles. The molecule has 16 heavy (non-hydrogen) atoms. The summed E-state index contributed by atoms with van der Waals surface area (Å²) in [6.45, 7) is 0. The number of hydrogen-bond acceptors (Lipinski definition) is 2. The number of hydrogen-bond donors (Lipinski definition) is 1. The van der Waals surface area contributed by atoms with Crippen LogP contribution in [-0.4, -0.2) is 10.9 Å². The van der Waals surface area contributed by atoms with E-state index in [4.69, 9.17) is 11.6 Å². The summed E-state index contributed by atoms with van der Waals surface area (Å²) in [6, 6.07) is 10.4. The van der Waals surface area contributed by atoms with Gasteiger partial charge in [-0.1, -0.05) is 23.7 Å². The lowest BCUT2D eigenvalue weighted by Crippen LogP contribution is -2.11. The second kappa shape index (κ2) is 4.77. The Balaban J connectivity index is 2.18. The summed E-state index contributed by atoms with van der Waals surface area (Å²) < 4.78 is 0. The monoisotopic (exact) mass is 232 g/mol. The average molecular weight is 233 g/mol. The average Bonchev–Trinajstić information content (AvgIpc) is 2.33. The van der Waals surface area contributed by atoms with Gasteiger partial charge >= 0.3 is 0 Å². The normalized spacial score (nSPS) is 9.81. The highest BCUT2D eigenvalue weighted by atomic mass is 35.5. The third-order valence-corrected chi connectivity index (χ3v) is 2.39. The van der Waals surface area contributed by atoms with Gasteiger partial charge in [0, 0.05) is 18.0 Å². The molecule has 1 N–H and O–H groups in total. The molecule has 0 aliphatic rings. The SMILES string of the molecule is O=C(Nc1ccccc1Cl)c1ccncc1. The van der Waals surface area contributed by atoms with Crippen molar-refractivity contribution in [2.45, 2.75) is 0 Å². The van der Waals surface area contributed by atoms with Gasteiger partial charge in [-0.25, -0.2) is 0 Å². The zero-order valence-corrected chi connectivity index (χ0v) is 9.11. The van der Waals surface area contributed by atoms with E-state index in [0.717, 1.165) is 0 Å². The Morgan fingerprint density at radius 2 is 1.81 bits per heavy atom. The van der Waals surface area contributed by atoms with Crippen LogP contribution in [-0.2, 0) is 0 Å². The first-order valence-corrected chi connectivity index (χ1v) is 5.11. The van der Waals surface area contributed by atoms with Crippen molar-refractivity contribution in [1.29, 1.82) is 0 Å². The topological polar surface area (TPSA) is 42.0 Å². The van der Waals surface area contributed by atoms with Gasteiger partial charge in [0.2, 0.25) is 0 Å². The zero-order chi connectivity index (χ0) is 11.4. The summed E-state index contributed by atoms with van der Waals surface area (Å²) in [4.78, 5) is 15.6. The van der Waals surface area contributed by atoms with Crippen LogP contribution in [0.5, 0.6) is 0 Å². The molecule has 3 nitrogen and oxygen atoms in total. The van der Waals surface area contributed by atoms with E-state index >= 15 is 0 Å². The fraction of sp³-hybridized carbons (Fsp3) is 0. The van der Waals surface area contributed by atoms with Crippen LogP contribution in [0.4, 0.5) is 5.69 Å². The van der Waals surface area contributed by atoms with Crippen LogP contribution < -0.4 is 5.32 Å². The number of para-hydroxylation sites is 1. The van der Waals surface area contributed by atoms with E-state index < -0.39 is 0 Å². The molecule has 4 heteroatoms. The first-order chi connectivity index (χ1) is 7.77. The number of anilines is 1. The number of pyridine rings is 1. The fourth-order valence-electron chi connectivity index (χ4n) is 1.26. The molecule has 0 aliphatic carbocycles. The predicted molar refractivity (Wildman–Crippen MR) is 63.6 cm³/mol. The Kier molecular flexibility index (Phi) is 3.17. The van der Waals surface area contributed by atoms with Crippen molar-refractivity contribution < 1.29 is 4.79 Å². The molecule has 0 fully saturated rings. The molecule has 2 aromatic rings. The zero-order valence-electron chi connectivity index (χ0n) is 8.35. The van der Waals surface area contributed by atoms with E-state index in [0.29, 0.717) is 16.3 Å². The maximum Gasteiger partial charge on any atom is 0.255 e. The van der Waals surface area contributed by atoms with Gasteiger partial charge < -0.3 is 5.32 Å². The highest BCUT2D eigenvalue weighted by molar-refractivity contribution is 6.33. The maximum absolute atomic E-state index is 11.8. The lowest BCUT2D eigenvalue weighted by molar-refractivity contribution is 0.102. The number of halogens is 1. The standard InChI is InChI=1S/C12H9ClN2O/c13-10-3-1-2-4-11(10)15-12(16)9-5-7-14-8-6-9/h1-8H,(H,15,16). The lowest BCUT2D eigenvalue weighted by atomic mass is 10.2. The van der Waals surface area contributed by atoms with Crippen LogP contribution in [0, 0.1) is 0 Å². The van der Waals surface area contributed by atoms with E-state index in [2.05, 4.69) is 10.3 Å². The summed E-state index contributed by atoms with van der Waals surface area (Å²) >= 11 is 5.93. The molecule has 0 radical (unpaired) electrons. The first-order valence-electron chi connectivity index (χ1n) is 4.73. The Labute approximate surface area is 98.1 Å². The number of benzene rings is 1. The molecule has 0 bridgehead atoms. The van der Waals surface area contributed by atoms with Gasteiger partial charge in [-0.05, 0) is 24.3 Å². The van der Waals surface area contributed by atoms with Gasteiger partial charge in [-0.3, -0.25) is 9.78 Å². The van der Waals surface area contributed by atoms with Gasteiger partial charge in [-0.15, -0.1) is 0 Å².